The Labute approximate surface area is 224 Å². The van der Waals surface area contributed by atoms with Crippen molar-refractivity contribution in [3.05, 3.63) is 76.6 Å². The third-order valence-electron chi connectivity index (χ3n) is 7.81. The summed E-state index contributed by atoms with van der Waals surface area (Å²) in [5.41, 5.74) is 12.1. The van der Waals surface area contributed by atoms with Gasteiger partial charge in [0.25, 0.3) is 0 Å². The topological polar surface area (TPSA) is 197 Å². The molecular formula is C27H29N9O3. The molecule has 1 saturated heterocycles. The quantitative estimate of drug-likeness (QED) is 0.294. The van der Waals surface area contributed by atoms with E-state index < -0.39 is 17.2 Å². The number of H-pyrrole nitrogens is 1. The molecule has 5 rings (SSSR count). The largest absolute Gasteiger partial charge is 0.366 e. The van der Waals surface area contributed by atoms with Crippen LogP contribution in [0.15, 0.2) is 48.5 Å². The molecule has 12 nitrogen and oxygen atoms in total. The highest BCUT2D eigenvalue weighted by Crippen LogP contribution is 2.47. The Morgan fingerprint density at radius 3 is 2.15 bits per heavy atom. The Morgan fingerprint density at radius 2 is 1.67 bits per heavy atom. The van der Waals surface area contributed by atoms with Gasteiger partial charge in [-0.3, -0.25) is 14.4 Å². The molecule has 12 heteroatoms. The molecule has 200 valence electrons. The van der Waals surface area contributed by atoms with Gasteiger partial charge >= 0.3 is 0 Å². The molecule has 2 aliphatic rings. The van der Waals surface area contributed by atoms with E-state index in [1.165, 1.54) is 0 Å². The Bertz CT molecular complexity index is 1360. The molecule has 3 aromatic rings. The van der Waals surface area contributed by atoms with Gasteiger partial charge in [0.1, 0.15) is 6.04 Å². The first-order valence-electron chi connectivity index (χ1n) is 12.7. The molecule has 2 heterocycles. The van der Waals surface area contributed by atoms with Crippen LogP contribution in [0.4, 0.5) is 0 Å². The summed E-state index contributed by atoms with van der Waals surface area (Å²) >= 11 is 0. The fraction of sp³-hybridized carbons (Fsp3) is 0.370. The number of benzene rings is 2. The molecule has 0 radical (unpaired) electrons. The highest BCUT2D eigenvalue weighted by molar-refractivity contribution is 5.93. The third kappa shape index (κ3) is 4.84. The molecule has 2 fully saturated rings. The van der Waals surface area contributed by atoms with Gasteiger partial charge in [-0.25, -0.2) is 0 Å². The van der Waals surface area contributed by atoms with Crippen molar-refractivity contribution in [2.45, 2.75) is 49.7 Å². The summed E-state index contributed by atoms with van der Waals surface area (Å²) in [5, 5.41) is 27.8. The number of nitriles is 1. The lowest BCUT2D eigenvalue weighted by Crippen LogP contribution is -2.46. The number of primary amides is 2. The maximum Gasteiger partial charge on any atom is 0.248 e. The maximum absolute atomic E-state index is 13.1. The first kappa shape index (κ1) is 26.0. The average Bonchev–Trinajstić information content (AvgIpc) is 3.31. The summed E-state index contributed by atoms with van der Waals surface area (Å²) in [6.07, 6.45) is 2.09. The minimum atomic E-state index is -0.987. The van der Waals surface area contributed by atoms with Crippen molar-refractivity contribution in [3.63, 3.8) is 0 Å². The summed E-state index contributed by atoms with van der Waals surface area (Å²) in [6.45, 7) is 2.02. The second kappa shape index (κ2) is 10.3. The second-order valence-electron chi connectivity index (χ2n) is 10.3. The number of nitrogens with zero attached hydrogens (tertiary/aromatic N) is 5. The SMILES string of the molecule is C[C@H](CC(c1ccc(C(N)=O)cc1)(c1ccc(C(N)=O)cc1)c1nn[nH]n1)NCC(=O)N1C(C#N)C[C@@H]2C[C@@H]21. The highest BCUT2D eigenvalue weighted by atomic mass is 16.2. The van der Waals surface area contributed by atoms with E-state index in [1.807, 2.05) is 6.92 Å². The zero-order valence-electron chi connectivity index (χ0n) is 21.4. The molecule has 1 aliphatic heterocycles. The molecule has 4 atom stereocenters. The van der Waals surface area contributed by atoms with Crippen LogP contribution >= 0.6 is 0 Å². The van der Waals surface area contributed by atoms with Gasteiger partial charge in [-0.1, -0.05) is 29.5 Å². The van der Waals surface area contributed by atoms with Crippen LogP contribution in [0.2, 0.25) is 0 Å². The van der Waals surface area contributed by atoms with Crippen LogP contribution in [-0.4, -0.2) is 67.9 Å². The maximum atomic E-state index is 13.1. The van der Waals surface area contributed by atoms with Crippen LogP contribution in [0.1, 0.15) is 63.9 Å². The summed E-state index contributed by atoms with van der Waals surface area (Å²) < 4.78 is 0. The van der Waals surface area contributed by atoms with Crippen molar-refractivity contribution in [1.29, 1.82) is 5.26 Å². The molecule has 1 aliphatic carbocycles. The molecule has 1 unspecified atom stereocenters. The first-order valence-corrected chi connectivity index (χ1v) is 12.7. The van der Waals surface area contributed by atoms with Crippen LogP contribution < -0.4 is 16.8 Å². The lowest BCUT2D eigenvalue weighted by molar-refractivity contribution is -0.131. The second-order valence-corrected chi connectivity index (χ2v) is 10.3. The van der Waals surface area contributed by atoms with Crippen molar-refractivity contribution < 1.29 is 14.4 Å². The van der Waals surface area contributed by atoms with Crippen LogP contribution in [0, 0.1) is 17.2 Å². The lowest BCUT2D eigenvalue weighted by Gasteiger charge is -2.35. The highest BCUT2D eigenvalue weighted by Gasteiger charge is 2.54. The smallest absolute Gasteiger partial charge is 0.248 e. The summed E-state index contributed by atoms with van der Waals surface area (Å²) in [7, 11) is 0. The monoisotopic (exact) mass is 527 g/mol. The number of carbonyl (C=O) groups is 3. The van der Waals surface area contributed by atoms with Gasteiger partial charge in [0.15, 0.2) is 5.82 Å². The lowest BCUT2D eigenvalue weighted by atomic mass is 9.69. The van der Waals surface area contributed by atoms with Crippen molar-refractivity contribution >= 4 is 17.7 Å². The van der Waals surface area contributed by atoms with Gasteiger partial charge in [0.2, 0.25) is 17.7 Å². The van der Waals surface area contributed by atoms with E-state index in [1.54, 1.807) is 53.4 Å². The normalized spacial score (nSPS) is 20.6. The fourth-order valence-electron chi connectivity index (χ4n) is 5.75. The van der Waals surface area contributed by atoms with E-state index >= 15 is 0 Å². The number of nitrogens with two attached hydrogens (primary N) is 2. The molecule has 1 aromatic heterocycles. The van der Waals surface area contributed by atoms with Crippen molar-refractivity contribution in [3.8, 4) is 6.07 Å². The predicted octanol–water partition coefficient (Wildman–Crippen LogP) is 0.613. The van der Waals surface area contributed by atoms with Gasteiger partial charge in [-0.2, -0.15) is 10.5 Å². The standard InChI is InChI=1S/C27H29N9O3/c1-15(31-14-23(37)36-21(13-28)10-18-11-22(18)36)12-27(26-32-34-35-33-26,19-6-2-16(3-7-19)24(29)38)20-8-4-17(5-9-20)25(30)39/h2-9,15,18,21-22,31H,10-12,14H2,1H3,(H2,29,38)(H2,30,39)(H,32,33,34,35)/t15-,18-,21?,22+/m1/s1. The van der Waals surface area contributed by atoms with Crippen molar-refractivity contribution in [2.75, 3.05) is 6.54 Å². The van der Waals surface area contributed by atoms with Gasteiger partial charge in [0, 0.05) is 23.2 Å². The summed E-state index contributed by atoms with van der Waals surface area (Å²) in [4.78, 5) is 38.3. The number of carbonyl (C=O) groups excluding carboxylic acids is 3. The number of hydrogen-bond acceptors (Lipinski definition) is 8. The minimum Gasteiger partial charge on any atom is -0.366 e. The van der Waals surface area contributed by atoms with E-state index in [0.29, 0.717) is 29.3 Å². The van der Waals surface area contributed by atoms with Crippen LogP contribution in [0.5, 0.6) is 0 Å². The van der Waals surface area contributed by atoms with Crippen LogP contribution in [-0.2, 0) is 10.2 Å². The van der Waals surface area contributed by atoms with Gasteiger partial charge < -0.3 is 21.7 Å². The van der Waals surface area contributed by atoms with Crippen molar-refractivity contribution in [2.24, 2.45) is 17.4 Å². The molecule has 1 saturated carbocycles. The van der Waals surface area contributed by atoms with E-state index in [2.05, 4.69) is 32.0 Å². The number of piperidine rings is 1. The number of amides is 3. The molecular weight excluding hydrogens is 498 g/mol. The number of fused-ring (bicyclic) bond motifs is 1. The van der Waals surface area contributed by atoms with E-state index in [4.69, 9.17) is 11.5 Å². The number of nitrogens with one attached hydrogen (secondary N) is 2. The summed E-state index contributed by atoms with van der Waals surface area (Å²) in [5.74, 6) is -0.400. The van der Waals surface area contributed by atoms with Gasteiger partial charge in [-0.05, 0) is 67.5 Å². The van der Waals surface area contributed by atoms with E-state index in [-0.39, 0.29) is 30.6 Å². The van der Waals surface area contributed by atoms with Crippen LogP contribution in [0.3, 0.4) is 0 Å². The van der Waals surface area contributed by atoms with Crippen molar-refractivity contribution in [1.82, 2.24) is 30.8 Å². The number of likely N-dealkylation sites (tertiary alicyclic amines) is 1. The molecule has 0 bridgehead atoms. The molecule has 6 N–H and O–H groups in total. The minimum absolute atomic E-state index is 0.0755. The number of rotatable bonds is 10. The number of hydrogen-bond donors (Lipinski definition) is 4. The first-order chi connectivity index (χ1) is 18.7. The summed E-state index contributed by atoms with van der Waals surface area (Å²) in [6, 6.07) is 15.5. The Morgan fingerprint density at radius 1 is 1.08 bits per heavy atom. The number of tetrazole rings is 1. The Kier molecular flexibility index (Phi) is 6.84. The van der Waals surface area contributed by atoms with Crippen LogP contribution in [0.25, 0.3) is 0 Å². The molecule has 3 amide bonds. The number of aromatic nitrogens is 4. The van der Waals surface area contributed by atoms with Gasteiger partial charge in [-0.15, -0.1) is 10.2 Å². The zero-order chi connectivity index (χ0) is 27.7. The van der Waals surface area contributed by atoms with E-state index in [9.17, 15) is 19.6 Å². The van der Waals surface area contributed by atoms with Gasteiger partial charge in [0.05, 0.1) is 18.0 Å². The number of aromatic amines is 1. The molecule has 0 spiro atoms. The molecule has 39 heavy (non-hydrogen) atoms. The van der Waals surface area contributed by atoms with E-state index in [0.717, 1.165) is 24.0 Å². The molecule has 2 aromatic carbocycles. The fourth-order valence-corrected chi connectivity index (χ4v) is 5.75. The Hall–Kier alpha value is -4.63. The average molecular weight is 528 g/mol. The Balaban J connectivity index is 1.48. The third-order valence-corrected chi connectivity index (χ3v) is 7.81. The zero-order valence-corrected chi connectivity index (χ0v) is 21.4. The predicted molar refractivity (Wildman–Crippen MR) is 139 cm³/mol.